The molecule has 2 rings (SSSR count). The third-order valence-electron chi connectivity index (χ3n) is 3.32. The van der Waals surface area contributed by atoms with Gasteiger partial charge in [-0.3, -0.25) is 0 Å². The van der Waals surface area contributed by atoms with Crippen LogP contribution in [0.2, 0.25) is 0 Å². The molecule has 1 saturated carbocycles. The van der Waals surface area contributed by atoms with Gasteiger partial charge in [0, 0.05) is 5.56 Å². The van der Waals surface area contributed by atoms with Gasteiger partial charge in [-0.05, 0) is 31.0 Å². The Kier molecular flexibility index (Phi) is 4.31. The first-order chi connectivity index (χ1) is 8.66. The molecule has 0 bridgehead atoms. The van der Waals surface area contributed by atoms with Crippen molar-refractivity contribution in [2.75, 3.05) is 0 Å². The van der Waals surface area contributed by atoms with Crippen LogP contribution in [0.15, 0.2) is 18.2 Å². The van der Waals surface area contributed by atoms with Gasteiger partial charge in [0.25, 0.3) is 0 Å². The summed E-state index contributed by atoms with van der Waals surface area (Å²) in [5.74, 6) is -1.45. The lowest BCUT2D eigenvalue weighted by atomic mass is 9.98. The lowest BCUT2D eigenvalue weighted by molar-refractivity contribution is 0.0155. The zero-order valence-corrected chi connectivity index (χ0v) is 10.2. The molecule has 98 valence electrons. The lowest BCUT2D eigenvalue weighted by Gasteiger charge is -2.22. The van der Waals surface area contributed by atoms with Gasteiger partial charge in [-0.2, -0.15) is 0 Å². The Labute approximate surface area is 106 Å². The van der Waals surface area contributed by atoms with Crippen LogP contribution < -0.4 is 0 Å². The number of rotatable bonds is 4. The number of halogens is 1. The van der Waals surface area contributed by atoms with Gasteiger partial charge in [-0.25, -0.2) is 9.18 Å². The van der Waals surface area contributed by atoms with Crippen LogP contribution in [0.3, 0.4) is 0 Å². The molecule has 0 heterocycles. The Balaban J connectivity index is 1.99. The fourth-order valence-electron chi connectivity index (χ4n) is 2.26. The number of benzene rings is 1. The third kappa shape index (κ3) is 3.29. The predicted molar refractivity (Wildman–Crippen MR) is 65.0 cm³/mol. The lowest BCUT2D eigenvalue weighted by Crippen LogP contribution is -2.16. The van der Waals surface area contributed by atoms with Crippen molar-refractivity contribution >= 4 is 5.97 Å². The van der Waals surface area contributed by atoms with Crippen molar-refractivity contribution in [1.82, 2.24) is 0 Å². The van der Waals surface area contributed by atoms with Crippen molar-refractivity contribution in [2.24, 2.45) is 0 Å². The van der Waals surface area contributed by atoms with E-state index in [4.69, 9.17) is 9.84 Å². The van der Waals surface area contributed by atoms with Crippen LogP contribution in [0, 0.1) is 5.82 Å². The van der Waals surface area contributed by atoms with Crippen LogP contribution in [-0.4, -0.2) is 17.2 Å². The maximum absolute atomic E-state index is 13.5. The summed E-state index contributed by atoms with van der Waals surface area (Å²) in [6, 6.07) is 3.80. The van der Waals surface area contributed by atoms with E-state index in [9.17, 15) is 9.18 Å². The fourth-order valence-corrected chi connectivity index (χ4v) is 2.26. The van der Waals surface area contributed by atoms with Gasteiger partial charge in [-0.15, -0.1) is 0 Å². The first-order valence-electron chi connectivity index (χ1n) is 6.30. The third-order valence-corrected chi connectivity index (χ3v) is 3.32. The van der Waals surface area contributed by atoms with Crippen molar-refractivity contribution in [3.05, 3.63) is 35.1 Å². The van der Waals surface area contributed by atoms with E-state index in [2.05, 4.69) is 0 Å². The molecule has 1 aromatic carbocycles. The van der Waals surface area contributed by atoms with Crippen LogP contribution in [0.25, 0.3) is 0 Å². The molecule has 1 aliphatic carbocycles. The van der Waals surface area contributed by atoms with E-state index < -0.39 is 11.8 Å². The van der Waals surface area contributed by atoms with E-state index in [-0.39, 0.29) is 18.3 Å². The molecule has 1 aromatic rings. The smallest absolute Gasteiger partial charge is 0.335 e. The summed E-state index contributed by atoms with van der Waals surface area (Å²) >= 11 is 0. The standard InChI is InChI=1S/C14H17FO3/c15-13-7-6-10(14(16)17)8-11(13)9-18-12-4-2-1-3-5-12/h6-8,12H,1-5,9H2,(H,16,17). The van der Waals surface area contributed by atoms with Gasteiger partial charge in [0.15, 0.2) is 0 Å². The molecule has 18 heavy (non-hydrogen) atoms. The number of hydrogen-bond acceptors (Lipinski definition) is 2. The van der Waals surface area contributed by atoms with Crippen molar-refractivity contribution in [3.8, 4) is 0 Å². The second-order valence-corrected chi connectivity index (χ2v) is 4.68. The Morgan fingerprint density at radius 3 is 2.72 bits per heavy atom. The maximum Gasteiger partial charge on any atom is 0.335 e. The molecular formula is C14H17FO3. The first-order valence-corrected chi connectivity index (χ1v) is 6.30. The molecule has 0 radical (unpaired) electrons. The summed E-state index contributed by atoms with van der Waals surface area (Å²) < 4.78 is 19.2. The molecule has 0 unspecified atom stereocenters. The first kappa shape index (κ1) is 13.0. The molecular weight excluding hydrogens is 235 g/mol. The van der Waals surface area contributed by atoms with Crippen molar-refractivity contribution in [3.63, 3.8) is 0 Å². The average Bonchev–Trinajstić information content (AvgIpc) is 2.38. The highest BCUT2D eigenvalue weighted by Crippen LogP contribution is 2.22. The van der Waals surface area contributed by atoms with Crippen LogP contribution in [0.5, 0.6) is 0 Å². The normalized spacial score (nSPS) is 16.7. The van der Waals surface area contributed by atoms with Crippen LogP contribution >= 0.6 is 0 Å². The Morgan fingerprint density at radius 2 is 2.06 bits per heavy atom. The topological polar surface area (TPSA) is 46.5 Å². The quantitative estimate of drug-likeness (QED) is 0.893. The zero-order chi connectivity index (χ0) is 13.0. The van der Waals surface area contributed by atoms with E-state index in [0.29, 0.717) is 5.56 Å². The van der Waals surface area contributed by atoms with Gasteiger partial charge in [-0.1, -0.05) is 19.3 Å². The maximum atomic E-state index is 13.5. The minimum atomic E-state index is -1.05. The van der Waals surface area contributed by atoms with Gasteiger partial charge >= 0.3 is 5.97 Å². The van der Waals surface area contributed by atoms with Gasteiger partial charge in [0.1, 0.15) is 5.82 Å². The summed E-state index contributed by atoms with van der Waals surface area (Å²) in [5, 5.41) is 8.85. The largest absolute Gasteiger partial charge is 0.478 e. The second-order valence-electron chi connectivity index (χ2n) is 4.68. The van der Waals surface area contributed by atoms with Crippen molar-refractivity contribution in [1.29, 1.82) is 0 Å². The summed E-state index contributed by atoms with van der Waals surface area (Å²) in [6.45, 7) is 0.150. The molecule has 3 nitrogen and oxygen atoms in total. The fraction of sp³-hybridized carbons (Fsp3) is 0.500. The van der Waals surface area contributed by atoms with Crippen LogP contribution in [-0.2, 0) is 11.3 Å². The minimum absolute atomic E-state index is 0.0960. The highest BCUT2D eigenvalue weighted by Gasteiger charge is 2.15. The Hall–Kier alpha value is -1.42. The molecule has 0 spiro atoms. The molecule has 1 fully saturated rings. The molecule has 0 atom stereocenters. The van der Waals surface area contributed by atoms with Crippen molar-refractivity contribution < 1.29 is 19.0 Å². The monoisotopic (exact) mass is 252 g/mol. The molecule has 4 heteroatoms. The number of ether oxygens (including phenoxy) is 1. The van der Waals surface area contributed by atoms with E-state index >= 15 is 0 Å². The predicted octanol–water partition coefficient (Wildman–Crippen LogP) is 3.37. The number of carboxylic acid groups (broad SMARTS) is 1. The van der Waals surface area contributed by atoms with E-state index in [1.165, 1.54) is 24.6 Å². The molecule has 0 amide bonds. The van der Waals surface area contributed by atoms with Gasteiger partial charge in [0.2, 0.25) is 0 Å². The number of hydrogen-bond donors (Lipinski definition) is 1. The SMILES string of the molecule is O=C(O)c1ccc(F)c(COC2CCCCC2)c1. The molecule has 0 saturated heterocycles. The van der Waals surface area contributed by atoms with E-state index in [0.717, 1.165) is 25.7 Å². The molecule has 1 aliphatic rings. The second kappa shape index (κ2) is 5.96. The average molecular weight is 252 g/mol. The highest BCUT2D eigenvalue weighted by atomic mass is 19.1. The van der Waals surface area contributed by atoms with Crippen LogP contribution in [0.4, 0.5) is 4.39 Å². The number of carboxylic acids is 1. The number of aromatic carboxylic acids is 1. The Bertz CT molecular complexity index is 425. The van der Waals surface area contributed by atoms with Gasteiger partial charge < -0.3 is 9.84 Å². The molecule has 0 aromatic heterocycles. The van der Waals surface area contributed by atoms with Crippen molar-refractivity contribution in [2.45, 2.75) is 44.8 Å². The summed E-state index contributed by atoms with van der Waals surface area (Å²) in [4.78, 5) is 10.8. The van der Waals surface area contributed by atoms with Gasteiger partial charge in [0.05, 0.1) is 18.3 Å². The van der Waals surface area contributed by atoms with E-state index in [1.807, 2.05) is 0 Å². The minimum Gasteiger partial charge on any atom is -0.478 e. The number of carbonyl (C=O) groups is 1. The summed E-state index contributed by atoms with van der Waals surface area (Å²) in [5.41, 5.74) is 0.416. The summed E-state index contributed by atoms with van der Waals surface area (Å²) in [6.07, 6.45) is 5.76. The molecule has 0 aliphatic heterocycles. The summed E-state index contributed by atoms with van der Waals surface area (Å²) in [7, 11) is 0. The molecule has 1 N–H and O–H groups in total. The highest BCUT2D eigenvalue weighted by molar-refractivity contribution is 5.87. The van der Waals surface area contributed by atoms with E-state index in [1.54, 1.807) is 0 Å². The Morgan fingerprint density at radius 1 is 1.33 bits per heavy atom. The van der Waals surface area contributed by atoms with Crippen LogP contribution in [0.1, 0.15) is 48.0 Å². The zero-order valence-electron chi connectivity index (χ0n) is 10.2.